The smallest absolute Gasteiger partial charge is 0.329 e. The van der Waals surface area contributed by atoms with E-state index in [0.717, 1.165) is 25.7 Å². The lowest BCUT2D eigenvalue weighted by Gasteiger charge is -2.24. The van der Waals surface area contributed by atoms with Crippen LogP contribution in [0.25, 0.3) is 0 Å². The summed E-state index contributed by atoms with van der Waals surface area (Å²) < 4.78 is 22.5. The Morgan fingerprint density at radius 1 is 0.750 bits per heavy atom. The molecule has 0 fully saturated rings. The van der Waals surface area contributed by atoms with Crippen molar-refractivity contribution in [1.82, 2.24) is 0 Å². The second-order valence-electron chi connectivity index (χ2n) is 8.73. The van der Waals surface area contributed by atoms with Crippen molar-refractivity contribution in [2.75, 3.05) is 40.9 Å². The van der Waals surface area contributed by atoms with Crippen molar-refractivity contribution >= 4 is 7.82 Å². The van der Waals surface area contributed by atoms with E-state index in [1.165, 1.54) is 57.8 Å². The Morgan fingerprint density at radius 2 is 1.21 bits per heavy atom. The third-order valence-corrected chi connectivity index (χ3v) is 5.69. The maximum atomic E-state index is 11.7. The van der Waals surface area contributed by atoms with Crippen LogP contribution in [-0.4, -0.2) is 50.3 Å². The predicted octanol–water partition coefficient (Wildman–Crippen LogP) is 6.47. The molecule has 28 heavy (non-hydrogen) atoms. The minimum Gasteiger partial charge on any atom is -0.329 e. The summed E-state index contributed by atoms with van der Waals surface area (Å²) in [6.07, 6.45) is 20.6. The number of hydrogen-bond acceptors (Lipinski definition) is 3. The minimum atomic E-state index is -3.89. The summed E-state index contributed by atoms with van der Waals surface area (Å²) in [7, 11) is 2.15. The van der Waals surface area contributed by atoms with E-state index < -0.39 is 7.82 Å². The van der Waals surface area contributed by atoms with E-state index >= 15 is 0 Å². The van der Waals surface area contributed by atoms with Gasteiger partial charge in [-0.15, -0.1) is 0 Å². The highest BCUT2D eigenvalue weighted by Crippen LogP contribution is 2.43. The van der Waals surface area contributed by atoms with E-state index in [1.54, 1.807) is 0 Å². The SMILES string of the molecule is CCCCCCCC/C=C\CCCCCCCOP(=O)(O)OCC[N+](C)(C)C. The molecule has 1 atom stereocenters. The van der Waals surface area contributed by atoms with Gasteiger partial charge in [0.2, 0.25) is 0 Å². The van der Waals surface area contributed by atoms with Crippen molar-refractivity contribution in [3.05, 3.63) is 12.2 Å². The Hall–Kier alpha value is -0.190. The van der Waals surface area contributed by atoms with Crippen molar-refractivity contribution in [3.63, 3.8) is 0 Å². The molecule has 0 aromatic carbocycles. The Balaban J connectivity index is 3.38. The van der Waals surface area contributed by atoms with Crippen molar-refractivity contribution in [2.24, 2.45) is 0 Å². The topological polar surface area (TPSA) is 55.8 Å². The standard InChI is InChI=1S/C22H46NO4P/c1-5-6-7-8-9-10-11-12-13-14-15-16-17-18-19-21-26-28(24,25)27-22-20-23(2,3)4/h12-13H,5-11,14-22H2,1-4H3/p+1/b13-12-. The number of hydrogen-bond donors (Lipinski definition) is 1. The maximum Gasteiger partial charge on any atom is 0.472 e. The first-order chi connectivity index (χ1) is 13.3. The zero-order valence-electron chi connectivity index (χ0n) is 19.0. The summed E-state index contributed by atoms with van der Waals surface area (Å²) in [5.41, 5.74) is 0. The van der Waals surface area contributed by atoms with Crippen LogP contribution < -0.4 is 0 Å². The maximum absolute atomic E-state index is 11.7. The summed E-state index contributed by atoms with van der Waals surface area (Å²) in [6.45, 7) is 3.44. The zero-order chi connectivity index (χ0) is 21.1. The molecule has 0 heterocycles. The largest absolute Gasteiger partial charge is 0.472 e. The first-order valence-electron chi connectivity index (χ1n) is 11.3. The fourth-order valence-electron chi connectivity index (χ4n) is 2.82. The fourth-order valence-corrected chi connectivity index (χ4v) is 3.57. The van der Waals surface area contributed by atoms with Gasteiger partial charge in [-0.05, 0) is 32.1 Å². The molecule has 0 amide bonds. The van der Waals surface area contributed by atoms with E-state index in [-0.39, 0.29) is 13.2 Å². The van der Waals surface area contributed by atoms with Gasteiger partial charge in [0.15, 0.2) is 0 Å². The van der Waals surface area contributed by atoms with Gasteiger partial charge in [0.1, 0.15) is 13.2 Å². The average Bonchev–Trinajstić information content (AvgIpc) is 2.60. The molecule has 0 aliphatic rings. The van der Waals surface area contributed by atoms with Crippen LogP contribution in [0, 0.1) is 0 Å². The normalized spacial score (nSPS) is 14.6. The van der Waals surface area contributed by atoms with Gasteiger partial charge in [-0.3, -0.25) is 9.05 Å². The summed E-state index contributed by atoms with van der Waals surface area (Å²) in [5.74, 6) is 0. The lowest BCUT2D eigenvalue weighted by atomic mass is 10.1. The molecular weight excluding hydrogens is 373 g/mol. The van der Waals surface area contributed by atoms with Gasteiger partial charge in [-0.25, -0.2) is 4.57 Å². The molecule has 0 aromatic rings. The molecule has 0 aliphatic heterocycles. The van der Waals surface area contributed by atoms with Crippen LogP contribution in [0.5, 0.6) is 0 Å². The number of phosphoric acid groups is 1. The van der Waals surface area contributed by atoms with E-state index in [4.69, 9.17) is 9.05 Å². The van der Waals surface area contributed by atoms with Crippen LogP contribution in [0.3, 0.4) is 0 Å². The van der Waals surface area contributed by atoms with Crippen LogP contribution in [0.2, 0.25) is 0 Å². The van der Waals surface area contributed by atoms with E-state index in [1.807, 2.05) is 21.1 Å². The lowest BCUT2D eigenvalue weighted by Crippen LogP contribution is -2.37. The predicted molar refractivity (Wildman–Crippen MR) is 119 cm³/mol. The third-order valence-electron chi connectivity index (χ3n) is 4.68. The Bertz CT molecular complexity index is 421. The Labute approximate surface area is 174 Å². The monoisotopic (exact) mass is 420 g/mol. The zero-order valence-corrected chi connectivity index (χ0v) is 19.9. The number of rotatable bonds is 20. The molecule has 6 heteroatoms. The second-order valence-corrected chi connectivity index (χ2v) is 10.2. The fraction of sp³-hybridized carbons (Fsp3) is 0.909. The van der Waals surface area contributed by atoms with E-state index in [0.29, 0.717) is 11.0 Å². The third kappa shape index (κ3) is 22.1. The van der Waals surface area contributed by atoms with Gasteiger partial charge in [0, 0.05) is 0 Å². The van der Waals surface area contributed by atoms with Crippen molar-refractivity contribution in [3.8, 4) is 0 Å². The Morgan fingerprint density at radius 3 is 1.75 bits per heavy atom. The number of phosphoric ester groups is 1. The summed E-state index contributed by atoms with van der Waals surface area (Å²) in [5, 5.41) is 0. The van der Waals surface area contributed by atoms with Crippen molar-refractivity contribution < 1.29 is 23.0 Å². The van der Waals surface area contributed by atoms with Crippen LogP contribution in [-0.2, 0) is 13.6 Å². The van der Waals surface area contributed by atoms with Crippen LogP contribution in [0.1, 0.15) is 90.4 Å². The summed E-state index contributed by atoms with van der Waals surface area (Å²) in [4.78, 5) is 9.62. The van der Waals surface area contributed by atoms with E-state index in [2.05, 4.69) is 19.1 Å². The number of quaternary nitrogens is 1. The molecule has 0 rings (SSSR count). The number of unbranched alkanes of at least 4 members (excludes halogenated alkanes) is 11. The lowest BCUT2D eigenvalue weighted by molar-refractivity contribution is -0.870. The quantitative estimate of drug-likeness (QED) is 0.106. The number of nitrogens with zero attached hydrogens (tertiary/aromatic N) is 1. The minimum absolute atomic E-state index is 0.226. The molecule has 0 spiro atoms. The van der Waals surface area contributed by atoms with Gasteiger partial charge < -0.3 is 9.38 Å². The van der Waals surface area contributed by atoms with Gasteiger partial charge in [-0.1, -0.05) is 70.4 Å². The molecule has 0 saturated heterocycles. The highest BCUT2D eigenvalue weighted by Gasteiger charge is 2.21. The van der Waals surface area contributed by atoms with Crippen LogP contribution in [0.4, 0.5) is 0 Å². The molecule has 1 unspecified atom stereocenters. The first kappa shape index (κ1) is 27.8. The molecule has 0 aliphatic carbocycles. The molecule has 0 radical (unpaired) electrons. The Kier molecular flexibility index (Phi) is 17.5. The summed E-state index contributed by atoms with van der Waals surface area (Å²) in [6, 6.07) is 0. The first-order valence-corrected chi connectivity index (χ1v) is 12.8. The molecule has 0 aromatic heterocycles. The van der Waals surface area contributed by atoms with Crippen molar-refractivity contribution in [2.45, 2.75) is 90.4 Å². The van der Waals surface area contributed by atoms with Gasteiger partial charge in [0.05, 0.1) is 27.7 Å². The molecular formula is C22H47NO4P+. The molecule has 0 saturated carbocycles. The van der Waals surface area contributed by atoms with Crippen LogP contribution >= 0.6 is 7.82 Å². The molecule has 0 bridgehead atoms. The van der Waals surface area contributed by atoms with Crippen LogP contribution in [0.15, 0.2) is 12.2 Å². The molecule has 168 valence electrons. The number of likely N-dealkylation sites (N-methyl/N-ethyl adjacent to an activating group) is 1. The molecule has 1 N–H and O–H groups in total. The number of allylic oxidation sites excluding steroid dienone is 2. The van der Waals surface area contributed by atoms with Gasteiger partial charge in [-0.2, -0.15) is 0 Å². The van der Waals surface area contributed by atoms with Gasteiger partial charge >= 0.3 is 7.82 Å². The van der Waals surface area contributed by atoms with Crippen molar-refractivity contribution in [1.29, 1.82) is 0 Å². The second kappa shape index (κ2) is 17.7. The highest BCUT2D eigenvalue weighted by molar-refractivity contribution is 7.47. The van der Waals surface area contributed by atoms with E-state index in [9.17, 15) is 9.46 Å². The molecule has 5 nitrogen and oxygen atoms in total. The van der Waals surface area contributed by atoms with Gasteiger partial charge in [0.25, 0.3) is 0 Å². The highest BCUT2D eigenvalue weighted by atomic mass is 31.2. The summed E-state index contributed by atoms with van der Waals surface area (Å²) >= 11 is 0. The average molecular weight is 421 g/mol.